The van der Waals surface area contributed by atoms with Crippen LogP contribution in [-0.4, -0.2) is 4.57 Å². The Labute approximate surface area is 411 Å². The van der Waals surface area contributed by atoms with Gasteiger partial charge in [0.25, 0.3) is 0 Å². The zero-order valence-corrected chi connectivity index (χ0v) is 38.7. The molecule has 0 saturated carbocycles. The lowest BCUT2D eigenvalue weighted by molar-refractivity contribution is 0.670. The van der Waals surface area contributed by atoms with Gasteiger partial charge < -0.3 is 13.9 Å². The second-order valence-corrected chi connectivity index (χ2v) is 18.5. The molecule has 0 N–H and O–H groups in total. The maximum absolute atomic E-state index is 6.48. The highest BCUT2D eigenvalue weighted by molar-refractivity contribution is 6.11. The number of hydrogen-bond donors (Lipinski definition) is 0. The summed E-state index contributed by atoms with van der Waals surface area (Å²) in [6.45, 7) is 0. The van der Waals surface area contributed by atoms with E-state index in [1.807, 2.05) is 12.1 Å². The summed E-state index contributed by atoms with van der Waals surface area (Å²) >= 11 is 0. The predicted molar refractivity (Wildman–Crippen MR) is 299 cm³/mol. The largest absolute Gasteiger partial charge is 0.455 e. The highest BCUT2D eigenvalue weighted by Gasteiger charge is 2.19. The van der Waals surface area contributed by atoms with Crippen molar-refractivity contribution in [3.63, 3.8) is 0 Å². The molecule has 0 fully saturated rings. The molecule has 71 heavy (non-hydrogen) atoms. The maximum Gasteiger partial charge on any atom is 0.143 e. The molecule has 0 radical (unpaired) electrons. The molecule has 0 aliphatic carbocycles. The zero-order chi connectivity index (χ0) is 46.8. The summed E-state index contributed by atoms with van der Waals surface area (Å²) in [6.07, 6.45) is 0. The van der Waals surface area contributed by atoms with Gasteiger partial charge in [0.1, 0.15) is 11.2 Å². The number of furan rings is 1. The van der Waals surface area contributed by atoms with E-state index in [1.54, 1.807) is 0 Å². The van der Waals surface area contributed by atoms with Crippen LogP contribution in [0.1, 0.15) is 0 Å². The predicted octanol–water partition coefficient (Wildman–Crippen LogP) is 19.1. The van der Waals surface area contributed by atoms with Crippen LogP contribution in [0.5, 0.6) is 0 Å². The van der Waals surface area contributed by atoms with Gasteiger partial charge in [0.15, 0.2) is 0 Å². The van der Waals surface area contributed by atoms with Gasteiger partial charge >= 0.3 is 0 Å². The van der Waals surface area contributed by atoms with Crippen LogP contribution in [0, 0.1) is 0 Å². The molecule has 3 nitrogen and oxygen atoms in total. The van der Waals surface area contributed by atoms with Crippen molar-refractivity contribution in [2.45, 2.75) is 0 Å². The average molecular weight is 905 g/mol. The molecule has 0 aliphatic rings. The minimum atomic E-state index is 0.900. The lowest BCUT2D eigenvalue weighted by atomic mass is 9.97. The molecular weight excluding hydrogens is 861 g/mol. The number of nitrogens with zero attached hydrogens (tertiary/aromatic N) is 2. The van der Waals surface area contributed by atoms with Crippen molar-refractivity contribution in [1.29, 1.82) is 0 Å². The number of fused-ring (bicyclic) bond motifs is 9. The highest BCUT2D eigenvalue weighted by Crippen LogP contribution is 2.42. The van der Waals surface area contributed by atoms with Crippen molar-refractivity contribution < 1.29 is 4.42 Å². The number of hydrogen-bond acceptors (Lipinski definition) is 2. The quantitative estimate of drug-likeness (QED) is 0.142. The van der Waals surface area contributed by atoms with Crippen LogP contribution >= 0.6 is 0 Å². The smallest absolute Gasteiger partial charge is 0.143 e. The van der Waals surface area contributed by atoms with Crippen LogP contribution in [0.15, 0.2) is 271 Å². The molecule has 0 spiro atoms. The van der Waals surface area contributed by atoms with Crippen LogP contribution in [-0.2, 0) is 0 Å². The summed E-state index contributed by atoms with van der Waals surface area (Å²) in [5.74, 6) is 0. The minimum absolute atomic E-state index is 0.900. The van der Waals surface area contributed by atoms with Crippen molar-refractivity contribution >= 4 is 82.4 Å². The molecule has 0 bridgehead atoms. The van der Waals surface area contributed by atoms with Crippen LogP contribution in [0.2, 0.25) is 0 Å². The van der Waals surface area contributed by atoms with E-state index in [0.717, 1.165) is 72.5 Å². The topological polar surface area (TPSA) is 21.3 Å². The fourth-order valence-electron chi connectivity index (χ4n) is 11.0. The van der Waals surface area contributed by atoms with Gasteiger partial charge in [-0.1, -0.05) is 194 Å². The molecule has 0 saturated heterocycles. The summed E-state index contributed by atoms with van der Waals surface area (Å²) in [5, 5.41) is 9.79. The molecule has 0 amide bonds. The normalized spacial score (nSPS) is 11.7. The Balaban J connectivity index is 0.851. The van der Waals surface area contributed by atoms with Gasteiger partial charge in [-0.15, -0.1) is 0 Å². The first-order chi connectivity index (χ1) is 35.2. The standard InChI is InChI=1S/C68H44N2O/c1-2-19-56-46(14-1)30-31-52-43-50(36-41-57(52)56)49-16-12-18-55(44-49)69(54-39-34-47(35-40-54)59-24-13-25-63-62-23-6-10-29-67(62)71-68(59)63)53-37-32-45(33-38-53)48-15-11-17-51(42-48)58-20-3-7-26-64(58)70-65-27-8-4-21-60(65)61-22-5-9-28-66(61)70/h1-44H. The maximum atomic E-state index is 6.48. The summed E-state index contributed by atoms with van der Waals surface area (Å²) in [5.41, 5.74) is 17.7. The SMILES string of the molecule is c1cc(-c2ccc(N(c3ccc(-c4cccc5c4oc4ccccc45)cc3)c3cccc(-c4ccc5c(ccc6ccccc65)c4)c3)cc2)cc(-c2ccccc2-n2c3ccccc3c3ccccc32)c1. The molecule has 0 atom stereocenters. The fraction of sp³-hybridized carbons (Fsp3) is 0. The summed E-state index contributed by atoms with van der Waals surface area (Å²) < 4.78 is 8.89. The first-order valence-corrected chi connectivity index (χ1v) is 24.3. The lowest BCUT2D eigenvalue weighted by Gasteiger charge is -2.26. The van der Waals surface area contributed by atoms with E-state index in [9.17, 15) is 0 Å². The molecule has 14 rings (SSSR count). The average Bonchev–Trinajstić information content (AvgIpc) is 4.00. The number of benzene rings is 12. The van der Waals surface area contributed by atoms with Crippen molar-refractivity contribution in [3.05, 3.63) is 267 Å². The zero-order valence-electron chi connectivity index (χ0n) is 38.7. The first kappa shape index (κ1) is 40.6. The summed E-state index contributed by atoms with van der Waals surface area (Å²) in [7, 11) is 0. The lowest BCUT2D eigenvalue weighted by Crippen LogP contribution is -2.10. The third-order valence-corrected chi connectivity index (χ3v) is 14.4. The Morgan fingerprint density at radius 3 is 1.61 bits per heavy atom. The summed E-state index contributed by atoms with van der Waals surface area (Å²) in [6, 6.07) is 96.7. The fourth-order valence-corrected chi connectivity index (χ4v) is 11.0. The Morgan fingerprint density at radius 2 is 0.817 bits per heavy atom. The van der Waals surface area contributed by atoms with Crippen LogP contribution in [0.3, 0.4) is 0 Å². The van der Waals surface area contributed by atoms with Crippen molar-refractivity contribution in [2.75, 3.05) is 4.90 Å². The van der Waals surface area contributed by atoms with Gasteiger partial charge in [-0.2, -0.15) is 0 Å². The van der Waals surface area contributed by atoms with E-state index in [-0.39, 0.29) is 0 Å². The molecule has 2 aromatic heterocycles. The molecular formula is C68H44N2O. The molecule has 332 valence electrons. The van der Waals surface area contributed by atoms with Crippen LogP contribution in [0.4, 0.5) is 17.1 Å². The summed E-state index contributed by atoms with van der Waals surface area (Å²) in [4.78, 5) is 2.37. The van der Waals surface area contributed by atoms with Gasteiger partial charge in [0.05, 0.1) is 16.7 Å². The molecule has 2 heterocycles. The van der Waals surface area contributed by atoms with Crippen molar-refractivity contribution in [2.24, 2.45) is 0 Å². The van der Waals surface area contributed by atoms with Gasteiger partial charge in [0.2, 0.25) is 0 Å². The minimum Gasteiger partial charge on any atom is -0.455 e. The van der Waals surface area contributed by atoms with Crippen LogP contribution in [0.25, 0.3) is 115 Å². The Bertz CT molecular complexity index is 4290. The molecule has 12 aromatic carbocycles. The molecule has 14 aromatic rings. The van der Waals surface area contributed by atoms with E-state index in [2.05, 4.69) is 264 Å². The van der Waals surface area contributed by atoms with Gasteiger partial charge in [0, 0.05) is 49.7 Å². The van der Waals surface area contributed by atoms with E-state index < -0.39 is 0 Å². The third-order valence-electron chi connectivity index (χ3n) is 14.4. The van der Waals surface area contributed by atoms with E-state index in [1.165, 1.54) is 60.0 Å². The Kier molecular flexibility index (Phi) is 9.53. The Hall–Kier alpha value is -9.44. The van der Waals surface area contributed by atoms with Gasteiger partial charge in [-0.05, 0) is 128 Å². The third kappa shape index (κ3) is 6.89. The molecule has 0 aliphatic heterocycles. The second kappa shape index (κ2) is 16.7. The number of rotatable bonds is 8. The number of aromatic nitrogens is 1. The second-order valence-electron chi connectivity index (χ2n) is 18.5. The first-order valence-electron chi connectivity index (χ1n) is 24.3. The number of para-hydroxylation sites is 5. The van der Waals surface area contributed by atoms with Crippen LogP contribution < -0.4 is 4.90 Å². The van der Waals surface area contributed by atoms with Crippen molar-refractivity contribution in [1.82, 2.24) is 4.57 Å². The number of anilines is 3. The van der Waals surface area contributed by atoms with E-state index >= 15 is 0 Å². The Morgan fingerprint density at radius 1 is 0.282 bits per heavy atom. The monoisotopic (exact) mass is 904 g/mol. The van der Waals surface area contributed by atoms with E-state index in [0.29, 0.717) is 0 Å². The van der Waals surface area contributed by atoms with E-state index in [4.69, 9.17) is 4.42 Å². The van der Waals surface area contributed by atoms with Gasteiger partial charge in [-0.25, -0.2) is 0 Å². The molecule has 3 heteroatoms. The molecule has 0 unspecified atom stereocenters. The van der Waals surface area contributed by atoms with Crippen molar-refractivity contribution in [3.8, 4) is 50.2 Å². The van der Waals surface area contributed by atoms with Gasteiger partial charge in [-0.3, -0.25) is 0 Å². The highest BCUT2D eigenvalue weighted by atomic mass is 16.3.